The van der Waals surface area contributed by atoms with Gasteiger partial charge in [-0.2, -0.15) is 0 Å². The summed E-state index contributed by atoms with van der Waals surface area (Å²) >= 11 is 0. The minimum Gasteiger partial charge on any atom is -0.328 e. The van der Waals surface area contributed by atoms with Crippen LogP contribution in [-0.4, -0.2) is 29.0 Å². The van der Waals surface area contributed by atoms with Gasteiger partial charge in [-0.05, 0) is 44.9 Å². The van der Waals surface area contributed by atoms with E-state index >= 15 is 0 Å². The van der Waals surface area contributed by atoms with Crippen LogP contribution in [0.15, 0.2) is 24.4 Å². The van der Waals surface area contributed by atoms with Crippen molar-refractivity contribution in [2.45, 2.75) is 32.4 Å². The highest BCUT2D eigenvalue weighted by molar-refractivity contribution is 5.08. The monoisotopic (exact) mass is 219 g/mol. The number of hydrogen-bond donors (Lipinski definition) is 1. The number of aromatic nitrogens is 1. The molecule has 16 heavy (non-hydrogen) atoms. The first-order chi connectivity index (χ1) is 7.68. The highest BCUT2D eigenvalue weighted by Crippen LogP contribution is 2.27. The molecule has 3 heteroatoms. The van der Waals surface area contributed by atoms with Crippen molar-refractivity contribution in [2.75, 3.05) is 13.1 Å². The predicted molar refractivity (Wildman–Crippen MR) is 66.0 cm³/mol. The predicted octanol–water partition coefficient (Wildman–Crippen LogP) is 1.81. The van der Waals surface area contributed by atoms with Crippen LogP contribution in [0.2, 0.25) is 0 Å². The van der Waals surface area contributed by atoms with Crippen LogP contribution in [0.3, 0.4) is 0 Å². The average Bonchev–Trinajstić information content (AvgIpc) is 2.78. The van der Waals surface area contributed by atoms with Crippen molar-refractivity contribution < 1.29 is 0 Å². The molecule has 0 radical (unpaired) electrons. The fourth-order valence-electron chi connectivity index (χ4n) is 2.41. The summed E-state index contributed by atoms with van der Waals surface area (Å²) in [6.07, 6.45) is 3.08. The summed E-state index contributed by atoms with van der Waals surface area (Å²) < 4.78 is 0. The molecule has 2 rings (SSSR count). The Morgan fingerprint density at radius 2 is 2.25 bits per heavy atom. The second-order valence-corrected chi connectivity index (χ2v) is 4.83. The van der Waals surface area contributed by atoms with Gasteiger partial charge in [0.1, 0.15) is 0 Å². The molecule has 2 N–H and O–H groups in total. The summed E-state index contributed by atoms with van der Waals surface area (Å²) in [5.74, 6) is 0.645. The van der Waals surface area contributed by atoms with Crippen molar-refractivity contribution in [3.8, 4) is 0 Å². The first-order valence-electron chi connectivity index (χ1n) is 6.09. The minimum atomic E-state index is 0.306. The van der Waals surface area contributed by atoms with E-state index in [1.54, 1.807) is 0 Å². The zero-order valence-corrected chi connectivity index (χ0v) is 10.1. The SMILES string of the molecule is CC(N)C1CCN(C(C)c2ccccn2)C1. The molecule has 0 bridgehead atoms. The van der Waals surface area contributed by atoms with Gasteiger partial charge in [0.25, 0.3) is 0 Å². The molecule has 1 aromatic heterocycles. The van der Waals surface area contributed by atoms with Crippen LogP contribution in [0.25, 0.3) is 0 Å². The van der Waals surface area contributed by atoms with E-state index in [0.29, 0.717) is 18.0 Å². The maximum Gasteiger partial charge on any atom is 0.0572 e. The zero-order valence-electron chi connectivity index (χ0n) is 10.1. The van der Waals surface area contributed by atoms with Crippen LogP contribution >= 0.6 is 0 Å². The van der Waals surface area contributed by atoms with E-state index in [1.165, 1.54) is 6.42 Å². The summed E-state index contributed by atoms with van der Waals surface area (Å²) in [6, 6.07) is 6.83. The maximum absolute atomic E-state index is 5.96. The third-order valence-electron chi connectivity index (χ3n) is 3.66. The molecule has 3 nitrogen and oxygen atoms in total. The van der Waals surface area contributed by atoms with Crippen LogP contribution < -0.4 is 5.73 Å². The second-order valence-electron chi connectivity index (χ2n) is 4.83. The first kappa shape index (κ1) is 11.6. The highest BCUT2D eigenvalue weighted by Gasteiger charge is 2.28. The molecule has 0 spiro atoms. The van der Waals surface area contributed by atoms with Crippen LogP contribution in [0.4, 0.5) is 0 Å². The lowest BCUT2D eigenvalue weighted by Crippen LogP contribution is -2.31. The molecule has 3 unspecified atom stereocenters. The quantitative estimate of drug-likeness (QED) is 0.843. The fourth-order valence-corrected chi connectivity index (χ4v) is 2.41. The van der Waals surface area contributed by atoms with Crippen molar-refractivity contribution in [1.29, 1.82) is 0 Å². The van der Waals surface area contributed by atoms with Crippen molar-refractivity contribution >= 4 is 0 Å². The molecule has 0 aromatic carbocycles. The van der Waals surface area contributed by atoms with Crippen molar-refractivity contribution in [2.24, 2.45) is 11.7 Å². The number of hydrogen-bond acceptors (Lipinski definition) is 3. The third kappa shape index (κ3) is 2.42. The Bertz CT molecular complexity index is 323. The number of pyridine rings is 1. The molecule has 0 saturated carbocycles. The molecular formula is C13H21N3. The summed E-state index contributed by atoms with van der Waals surface area (Å²) in [7, 11) is 0. The van der Waals surface area contributed by atoms with Crippen molar-refractivity contribution in [3.05, 3.63) is 30.1 Å². The number of rotatable bonds is 3. The molecule has 88 valence electrons. The summed E-state index contributed by atoms with van der Waals surface area (Å²) in [6.45, 7) is 6.59. The Hall–Kier alpha value is -0.930. The molecular weight excluding hydrogens is 198 g/mol. The smallest absolute Gasteiger partial charge is 0.0572 e. The molecule has 2 heterocycles. The Kier molecular flexibility index (Phi) is 3.56. The van der Waals surface area contributed by atoms with Crippen LogP contribution in [0.1, 0.15) is 32.0 Å². The zero-order chi connectivity index (χ0) is 11.5. The van der Waals surface area contributed by atoms with Gasteiger partial charge in [0.2, 0.25) is 0 Å². The minimum absolute atomic E-state index is 0.306. The standard InChI is InChI=1S/C13H21N3/c1-10(14)12-6-8-16(9-12)11(2)13-5-3-4-7-15-13/h3-5,7,10-12H,6,8-9,14H2,1-2H3. The average molecular weight is 219 g/mol. The van der Waals surface area contributed by atoms with E-state index in [0.717, 1.165) is 18.8 Å². The van der Waals surface area contributed by atoms with Gasteiger partial charge in [0.05, 0.1) is 5.69 Å². The lowest BCUT2D eigenvalue weighted by Gasteiger charge is -2.24. The first-order valence-corrected chi connectivity index (χ1v) is 6.09. The number of likely N-dealkylation sites (tertiary alicyclic amines) is 1. The Morgan fingerprint density at radius 3 is 2.81 bits per heavy atom. The molecule has 0 aliphatic carbocycles. The van der Waals surface area contributed by atoms with E-state index in [4.69, 9.17) is 5.73 Å². The van der Waals surface area contributed by atoms with Crippen LogP contribution in [0, 0.1) is 5.92 Å². The van der Waals surface area contributed by atoms with E-state index in [9.17, 15) is 0 Å². The van der Waals surface area contributed by atoms with Gasteiger partial charge in [0, 0.05) is 24.8 Å². The molecule has 1 aliphatic heterocycles. The largest absolute Gasteiger partial charge is 0.328 e. The van der Waals surface area contributed by atoms with E-state index in [-0.39, 0.29) is 0 Å². The lowest BCUT2D eigenvalue weighted by atomic mass is 10.0. The summed E-state index contributed by atoms with van der Waals surface area (Å²) in [5, 5.41) is 0. The maximum atomic E-state index is 5.96. The Balaban J connectivity index is 2.00. The van der Waals surface area contributed by atoms with Gasteiger partial charge in [-0.25, -0.2) is 0 Å². The van der Waals surface area contributed by atoms with Gasteiger partial charge in [-0.1, -0.05) is 6.07 Å². The topological polar surface area (TPSA) is 42.1 Å². The number of nitrogens with zero attached hydrogens (tertiary/aromatic N) is 2. The molecule has 1 aromatic rings. The molecule has 0 amide bonds. The van der Waals surface area contributed by atoms with Gasteiger partial charge >= 0.3 is 0 Å². The van der Waals surface area contributed by atoms with Crippen molar-refractivity contribution in [3.63, 3.8) is 0 Å². The van der Waals surface area contributed by atoms with Gasteiger partial charge < -0.3 is 5.73 Å². The van der Waals surface area contributed by atoms with E-state index in [2.05, 4.69) is 35.9 Å². The highest BCUT2D eigenvalue weighted by atomic mass is 15.2. The molecule has 3 atom stereocenters. The van der Waals surface area contributed by atoms with Crippen LogP contribution in [0.5, 0.6) is 0 Å². The Morgan fingerprint density at radius 1 is 1.44 bits per heavy atom. The molecule has 1 fully saturated rings. The van der Waals surface area contributed by atoms with E-state index in [1.807, 2.05) is 12.3 Å². The molecule has 1 aliphatic rings. The fraction of sp³-hybridized carbons (Fsp3) is 0.615. The van der Waals surface area contributed by atoms with E-state index < -0.39 is 0 Å². The van der Waals surface area contributed by atoms with Gasteiger partial charge in [-0.3, -0.25) is 9.88 Å². The lowest BCUT2D eigenvalue weighted by molar-refractivity contribution is 0.244. The summed E-state index contributed by atoms with van der Waals surface area (Å²) in [4.78, 5) is 6.90. The van der Waals surface area contributed by atoms with Crippen molar-refractivity contribution in [1.82, 2.24) is 9.88 Å². The third-order valence-corrected chi connectivity index (χ3v) is 3.66. The van der Waals surface area contributed by atoms with Gasteiger partial charge in [-0.15, -0.1) is 0 Å². The molecule has 1 saturated heterocycles. The summed E-state index contributed by atoms with van der Waals surface area (Å²) in [5.41, 5.74) is 7.12. The van der Waals surface area contributed by atoms with Gasteiger partial charge in [0.15, 0.2) is 0 Å². The normalized spacial score (nSPS) is 25.6. The van der Waals surface area contributed by atoms with Crippen LogP contribution in [-0.2, 0) is 0 Å². The second kappa shape index (κ2) is 4.93. The number of nitrogens with two attached hydrogens (primary N) is 1. The Labute approximate surface area is 97.7 Å².